The molecule has 40 heavy (non-hydrogen) atoms. The van der Waals surface area contributed by atoms with E-state index >= 15 is 0 Å². The van der Waals surface area contributed by atoms with Crippen LogP contribution in [-0.2, 0) is 28.6 Å². The number of ketones is 1. The molecule has 1 atom stereocenters. The van der Waals surface area contributed by atoms with Crippen LogP contribution in [0.4, 0.5) is 32.2 Å². The molecule has 3 aromatic rings. The molecule has 210 valence electrons. The number of nitrogens with zero attached hydrogens (tertiary/aromatic N) is 4. The van der Waals surface area contributed by atoms with E-state index < -0.39 is 49.2 Å². The Morgan fingerprint density at radius 2 is 1.70 bits per heavy atom. The van der Waals surface area contributed by atoms with Gasteiger partial charge in [-0.1, -0.05) is 24.3 Å². The summed E-state index contributed by atoms with van der Waals surface area (Å²) >= 11 is 0. The second-order valence-electron chi connectivity index (χ2n) is 9.06. The number of benzene rings is 2. The van der Waals surface area contributed by atoms with E-state index in [9.17, 15) is 44.8 Å². The molecule has 1 aliphatic rings. The Labute approximate surface area is 225 Å². The number of carbonyl (C=O) groups excluding carboxylic acids is 1. The first-order valence-corrected chi connectivity index (χ1v) is 13.4. The molecule has 0 aliphatic carbocycles. The van der Waals surface area contributed by atoms with Crippen molar-refractivity contribution in [3.05, 3.63) is 82.8 Å². The summed E-state index contributed by atoms with van der Waals surface area (Å²) in [5, 5.41) is 8.00. The van der Waals surface area contributed by atoms with E-state index in [0.717, 1.165) is 30.5 Å². The zero-order chi connectivity index (χ0) is 29.3. The standard InChI is InChI=1S/C26H20F6N4O3S/c27-25(28,29)17-8-5-16(6-9-17)7-10-21(37)19-14-34-23(13-33)35-24(19)36-12-11-18(15-36)40(38,39)22-4-2-1-3-20(22)26(30,31)32/h1-6,8-9,14,18H,7,10-12,15H2/t18-/m0/s1. The van der Waals surface area contributed by atoms with Crippen LogP contribution < -0.4 is 4.90 Å². The van der Waals surface area contributed by atoms with Crippen molar-refractivity contribution in [3.63, 3.8) is 0 Å². The summed E-state index contributed by atoms with van der Waals surface area (Å²) < 4.78 is 105. The Hall–Kier alpha value is -3.99. The second kappa shape index (κ2) is 10.9. The third-order valence-electron chi connectivity index (χ3n) is 6.47. The van der Waals surface area contributed by atoms with Crippen molar-refractivity contribution in [2.45, 2.75) is 41.8 Å². The number of rotatable bonds is 7. The van der Waals surface area contributed by atoms with Crippen LogP contribution in [0.25, 0.3) is 0 Å². The van der Waals surface area contributed by atoms with Crippen LogP contribution in [0.5, 0.6) is 0 Å². The number of alkyl halides is 6. The molecule has 0 spiro atoms. The predicted octanol–water partition coefficient (Wildman–Crippen LogP) is 5.25. The topological polar surface area (TPSA) is 104 Å². The lowest BCUT2D eigenvalue weighted by Crippen LogP contribution is -2.30. The number of sulfone groups is 1. The van der Waals surface area contributed by atoms with E-state index in [0.29, 0.717) is 11.6 Å². The Kier molecular flexibility index (Phi) is 7.89. The number of hydrogen-bond donors (Lipinski definition) is 0. The van der Waals surface area contributed by atoms with E-state index in [1.165, 1.54) is 23.1 Å². The lowest BCUT2D eigenvalue weighted by molar-refractivity contribution is -0.140. The van der Waals surface area contributed by atoms with Crippen LogP contribution in [0.3, 0.4) is 0 Å². The number of carbonyl (C=O) groups is 1. The second-order valence-corrected chi connectivity index (χ2v) is 11.3. The minimum atomic E-state index is -4.89. The van der Waals surface area contributed by atoms with Crippen molar-refractivity contribution in [1.29, 1.82) is 5.26 Å². The number of anilines is 1. The fraction of sp³-hybridized carbons (Fsp3) is 0.308. The first kappa shape index (κ1) is 29.0. The zero-order valence-electron chi connectivity index (χ0n) is 20.5. The summed E-state index contributed by atoms with van der Waals surface area (Å²) in [6, 6.07) is 9.91. The average Bonchev–Trinajstić information content (AvgIpc) is 3.42. The van der Waals surface area contributed by atoms with E-state index in [2.05, 4.69) is 9.97 Å². The lowest BCUT2D eigenvalue weighted by Gasteiger charge is -2.21. The van der Waals surface area contributed by atoms with Crippen LogP contribution in [0.1, 0.15) is 45.7 Å². The average molecular weight is 583 g/mol. The Bertz CT molecular complexity index is 1560. The molecule has 2 aromatic carbocycles. The van der Waals surface area contributed by atoms with Gasteiger partial charge in [0.2, 0.25) is 5.82 Å². The van der Waals surface area contributed by atoms with Crippen LogP contribution in [0.2, 0.25) is 0 Å². The molecule has 7 nitrogen and oxygen atoms in total. The molecule has 1 aliphatic heterocycles. The molecule has 14 heteroatoms. The van der Waals surface area contributed by atoms with Crippen molar-refractivity contribution in [2.24, 2.45) is 0 Å². The monoisotopic (exact) mass is 582 g/mol. The molecule has 2 heterocycles. The molecule has 0 unspecified atom stereocenters. The molecule has 0 bridgehead atoms. The summed E-state index contributed by atoms with van der Waals surface area (Å²) in [5.74, 6) is -0.845. The van der Waals surface area contributed by atoms with Gasteiger partial charge in [-0.3, -0.25) is 4.79 Å². The molecule has 0 amide bonds. The van der Waals surface area contributed by atoms with E-state index in [-0.39, 0.29) is 49.6 Å². The first-order valence-electron chi connectivity index (χ1n) is 11.8. The Balaban J connectivity index is 1.56. The van der Waals surface area contributed by atoms with Gasteiger partial charge in [-0.2, -0.15) is 31.6 Å². The van der Waals surface area contributed by atoms with Crippen LogP contribution in [0.15, 0.2) is 59.6 Å². The highest BCUT2D eigenvalue weighted by Gasteiger charge is 2.42. The molecule has 1 saturated heterocycles. The summed E-state index contributed by atoms with van der Waals surface area (Å²) in [6.07, 6.45) is -8.40. The number of aryl methyl sites for hydroxylation is 1. The molecular formula is C26H20F6N4O3S. The van der Waals surface area contributed by atoms with E-state index in [1.54, 1.807) is 6.07 Å². The number of Topliss-reactive ketones (excluding diaryl/α,β-unsaturated/α-hetero) is 1. The Morgan fingerprint density at radius 1 is 1.02 bits per heavy atom. The normalized spacial score (nSPS) is 16.1. The van der Waals surface area contributed by atoms with Crippen molar-refractivity contribution < 1.29 is 39.6 Å². The Morgan fingerprint density at radius 3 is 2.33 bits per heavy atom. The van der Waals surface area contributed by atoms with Crippen molar-refractivity contribution >= 4 is 21.4 Å². The third kappa shape index (κ3) is 6.09. The van der Waals surface area contributed by atoms with Gasteiger partial charge in [-0.25, -0.2) is 18.4 Å². The van der Waals surface area contributed by atoms with Gasteiger partial charge in [0.05, 0.1) is 26.8 Å². The van der Waals surface area contributed by atoms with Gasteiger partial charge in [0.25, 0.3) is 0 Å². The largest absolute Gasteiger partial charge is 0.417 e. The SMILES string of the molecule is N#Cc1ncc(C(=O)CCc2ccc(C(F)(F)F)cc2)c(N2CC[C@H](S(=O)(=O)c3ccccc3C(F)(F)F)C2)n1. The fourth-order valence-electron chi connectivity index (χ4n) is 4.42. The van der Waals surface area contributed by atoms with Gasteiger partial charge in [0.1, 0.15) is 11.9 Å². The number of halogens is 6. The molecule has 0 N–H and O–H groups in total. The minimum Gasteiger partial charge on any atom is -0.355 e. The summed E-state index contributed by atoms with van der Waals surface area (Å²) in [6.45, 7) is -0.255. The zero-order valence-corrected chi connectivity index (χ0v) is 21.3. The van der Waals surface area contributed by atoms with Crippen molar-refractivity contribution in [1.82, 2.24) is 9.97 Å². The fourth-order valence-corrected chi connectivity index (χ4v) is 6.33. The van der Waals surface area contributed by atoms with E-state index in [1.807, 2.05) is 0 Å². The predicted molar refractivity (Wildman–Crippen MR) is 130 cm³/mol. The van der Waals surface area contributed by atoms with Gasteiger partial charge < -0.3 is 4.90 Å². The maximum absolute atomic E-state index is 13.5. The van der Waals surface area contributed by atoms with Gasteiger partial charge in [0.15, 0.2) is 15.6 Å². The molecule has 0 radical (unpaired) electrons. The van der Waals surface area contributed by atoms with Gasteiger partial charge in [0, 0.05) is 25.7 Å². The number of hydrogen-bond acceptors (Lipinski definition) is 7. The van der Waals surface area contributed by atoms with Crippen molar-refractivity contribution in [3.8, 4) is 6.07 Å². The first-order chi connectivity index (χ1) is 18.7. The number of nitriles is 1. The highest BCUT2D eigenvalue weighted by Crippen LogP contribution is 2.37. The van der Waals surface area contributed by atoms with Gasteiger partial charge in [-0.15, -0.1) is 0 Å². The highest BCUT2D eigenvalue weighted by molar-refractivity contribution is 7.92. The molecular weight excluding hydrogens is 562 g/mol. The minimum absolute atomic E-state index is 0.0269. The van der Waals surface area contributed by atoms with E-state index in [4.69, 9.17) is 0 Å². The van der Waals surface area contributed by atoms with Gasteiger partial charge in [-0.05, 0) is 42.7 Å². The lowest BCUT2D eigenvalue weighted by atomic mass is 10.0. The summed E-state index contributed by atoms with van der Waals surface area (Å²) in [7, 11) is -4.44. The maximum Gasteiger partial charge on any atom is 0.417 e. The quantitative estimate of drug-likeness (QED) is 0.277. The number of aromatic nitrogens is 2. The van der Waals surface area contributed by atoms with Gasteiger partial charge >= 0.3 is 12.4 Å². The molecule has 1 fully saturated rings. The summed E-state index contributed by atoms with van der Waals surface area (Å²) in [4.78, 5) is 21.5. The highest BCUT2D eigenvalue weighted by atomic mass is 32.2. The van der Waals surface area contributed by atoms with Crippen LogP contribution >= 0.6 is 0 Å². The van der Waals surface area contributed by atoms with Crippen LogP contribution in [0, 0.1) is 11.3 Å². The molecule has 0 saturated carbocycles. The summed E-state index contributed by atoms with van der Waals surface area (Å²) in [5.41, 5.74) is -1.68. The molecule has 1 aromatic heterocycles. The maximum atomic E-state index is 13.5. The third-order valence-corrected chi connectivity index (χ3v) is 8.70. The van der Waals surface area contributed by atoms with Crippen LogP contribution in [-0.4, -0.2) is 42.5 Å². The smallest absolute Gasteiger partial charge is 0.355 e. The van der Waals surface area contributed by atoms with Crippen molar-refractivity contribution in [2.75, 3.05) is 18.0 Å². The molecule has 4 rings (SSSR count).